The normalized spacial score (nSPS) is 23.9. The molecule has 1 aromatic rings. The number of rotatable bonds is 7. The molecule has 1 saturated heterocycles. The molecule has 0 atom stereocenters. The van der Waals surface area contributed by atoms with Crippen molar-refractivity contribution in [3.63, 3.8) is 0 Å². The van der Waals surface area contributed by atoms with E-state index in [9.17, 15) is 4.79 Å². The largest absolute Gasteiger partial charge is 0.465 e. The zero-order valence-corrected chi connectivity index (χ0v) is 19.2. The summed E-state index contributed by atoms with van der Waals surface area (Å²) < 4.78 is 11.5. The third-order valence-corrected chi connectivity index (χ3v) is 7.97. The first-order chi connectivity index (χ1) is 13.0. The molecular formula is C20H31BrN2O3S. The number of methoxy groups -OCH3 is 1. The summed E-state index contributed by atoms with van der Waals surface area (Å²) >= 11 is 5.22. The van der Waals surface area contributed by atoms with Gasteiger partial charge in [-0.05, 0) is 67.9 Å². The molecule has 152 valence electrons. The Hall–Kier alpha value is -0.630. The van der Waals surface area contributed by atoms with E-state index in [1.54, 1.807) is 11.3 Å². The molecule has 7 heteroatoms. The second-order valence-corrected chi connectivity index (χ2v) is 9.77. The maximum absolute atomic E-state index is 12.1. The fraction of sp³-hybridized carbons (Fsp3) is 0.750. The molecule has 0 bridgehead atoms. The first-order valence-electron chi connectivity index (χ1n) is 9.99. The second kappa shape index (κ2) is 9.25. The van der Waals surface area contributed by atoms with Crippen molar-refractivity contribution in [3.05, 3.63) is 14.9 Å². The van der Waals surface area contributed by atoms with Crippen LogP contribution in [0.1, 0.15) is 55.5 Å². The van der Waals surface area contributed by atoms with E-state index in [0.717, 1.165) is 35.6 Å². The molecule has 1 aliphatic heterocycles. The summed E-state index contributed by atoms with van der Waals surface area (Å²) in [6.07, 6.45) is 5.35. The highest BCUT2D eigenvalue weighted by atomic mass is 79.9. The molecule has 0 aromatic carbocycles. The van der Waals surface area contributed by atoms with E-state index < -0.39 is 0 Å². The number of esters is 1. The zero-order chi connectivity index (χ0) is 19.6. The number of hydrogen-bond donors (Lipinski definition) is 0. The lowest BCUT2D eigenvalue weighted by atomic mass is 9.87. The van der Waals surface area contributed by atoms with E-state index in [2.05, 4.69) is 39.6 Å². The van der Waals surface area contributed by atoms with Crippen LogP contribution in [0.5, 0.6) is 0 Å². The predicted octanol–water partition coefficient (Wildman–Crippen LogP) is 4.46. The van der Waals surface area contributed by atoms with Crippen molar-refractivity contribution in [2.75, 3.05) is 38.3 Å². The fourth-order valence-corrected chi connectivity index (χ4v) is 6.57. The summed E-state index contributed by atoms with van der Waals surface area (Å²) in [7, 11) is 1.44. The fourth-order valence-electron chi connectivity index (χ4n) is 4.49. The lowest BCUT2D eigenvalue weighted by molar-refractivity contribution is -0.0738. The van der Waals surface area contributed by atoms with Crippen molar-refractivity contribution in [2.45, 2.75) is 64.6 Å². The zero-order valence-electron chi connectivity index (χ0n) is 16.8. The number of carbonyl (C=O) groups excluding carboxylic acids is 1. The van der Waals surface area contributed by atoms with Crippen LogP contribution >= 0.6 is 27.3 Å². The molecule has 2 heterocycles. The molecule has 0 unspecified atom stereocenters. The highest BCUT2D eigenvalue weighted by Gasteiger charge is 2.36. The number of carbonyl (C=O) groups is 1. The maximum Gasteiger partial charge on any atom is 0.340 e. The molecule has 27 heavy (non-hydrogen) atoms. The van der Waals surface area contributed by atoms with Crippen molar-refractivity contribution in [2.24, 2.45) is 0 Å². The first-order valence-corrected chi connectivity index (χ1v) is 11.6. The van der Waals surface area contributed by atoms with Gasteiger partial charge in [-0.1, -0.05) is 0 Å². The molecule has 1 aromatic heterocycles. The first kappa shape index (κ1) is 21.1. The third kappa shape index (κ3) is 4.36. The van der Waals surface area contributed by atoms with Gasteiger partial charge in [0.2, 0.25) is 0 Å². The Kier molecular flexibility index (Phi) is 7.22. The van der Waals surface area contributed by atoms with Crippen molar-refractivity contribution >= 4 is 38.2 Å². The number of anilines is 1. The number of ether oxygens (including phenoxy) is 2. The van der Waals surface area contributed by atoms with Crippen LogP contribution in [-0.2, 0) is 9.47 Å². The minimum absolute atomic E-state index is 0.261. The van der Waals surface area contributed by atoms with Gasteiger partial charge in [-0.2, -0.15) is 0 Å². The molecule has 2 aliphatic rings. The van der Waals surface area contributed by atoms with Gasteiger partial charge in [0.15, 0.2) is 0 Å². The third-order valence-electron chi connectivity index (χ3n) is 5.97. The Morgan fingerprint density at radius 3 is 2.48 bits per heavy atom. The average molecular weight is 459 g/mol. The SMILES string of the molecule is CCOC1CN([C@H]2CC[C@H](N(CC)c3sc(Br)c(C(=O)OC)c3C)CC2)C1. The van der Waals surface area contributed by atoms with Crippen molar-refractivity contribution in [3.8, 4) is 0 Å². The van der Waals surface area contributed by atoms with Crippen LogP contribution in [0.15, 0.2) is 3.79 Å². The standard InChI is InChI=1S/C20H31BrN2O3S/c1-5-23(19-13(3)17(18(21)27-19)20(24)25-4)15-9-7-14(8-10-15)22-11-16(12-22)26-6-2/h14-16H,5-12H2,1-4H3/t14-,15-. The summed E-state index contributed by atoms with van der Waals surface area (Å²) in [6.45, 7) is 10.3. The molecule has 1 aliphatic carbocycles. The van der Waals surface area contributed by atoms with Crippen LogP contribution in [0.4, 0.5) is 5.00 Å². The van der Waals surface area contributed by atoms with Crippen LogP contribution in [0.25, 0.3) is 0 Å². The number of nitrogens with zero attached hydrogens (tertiary/aromatic N) is 2. The average Bonchev–Trinajstić information content (AvgIpc) is 2.93. The minimum atomic E-state index is -0.261. The Bertz CT molecular complexity index is 652. The van der Waals surface area contributed by atoms with Gasteiger partial charge in [0.05, 0.1) is 27.6 Å². The van der Waals surface area contributed by atoms with Gasteiger partial charge in [-0.15, -0.1) is 11.3 Å². The van der Waals surface area contributed by atoms with E-state index in [1.807, 2.05) is 6.92 Å². The van der Waals surface area contributed by atoms with Gasteiger partial charge in [0, 0.05) is 38.3 Å². The van der Waals surface area contributed by atoms with Crippen molar-refractivity contribution in [1.82, 2.24) is 4.90 Å². The van der Waals surface area contributed by atoms with Crippen molar-refractivity contribution in [1.29, 1.82) is 0 Å². The van der Waals surface area contributed by atoms with Crippen LogP contribution < -0.4 is 4.90 Å². The van der Waals surface area contributed by atoms with E-state index in [0.29, 0.717) is 23.8 Å². The highest BCUT2D eigenvalue weighted by Crippen LogP contribution is 2.42. The molecular weight excluding hydrogens is 428 g/mol. The molecule has 3 rings (SSSR count). The number of likely N-dealkylation sites (tertiary alicyclic amines) is 1. The van der Waals surface area contributed by atoms with E-state index >= 15 is 0 Å². The van der Waals surface area contributed by atoms with Crippen LogP contribution in [0.2, 0.25) is 0 Å². The van der Waals surface area contributed by atoms with Gasteiger partial charge >= 0.3 is 5.97 Å². The van der Waals surface area contributed by atoms with E-state index in [-0.39, 0.29) is 5.97 Å². The molecule has 0 radical (unpaired) electrons. The lowest BCUT2D eigenvalue weighted by Gasteiger charge is -2.47. The highest BCUT2D eigenvalue weighted by molar-refractivity contribution is 9.11. The van der Waals surface area contributed by atoms with Gasteiger partial charge in [0.25, 0.3) is 0 Å². The Balaban J connectivity index is 1.62. The summed E-state index contributed by atoms with van der Waals surface area (Å²) in [5.74, 6) is -0.261. The number of halogens is 1. The van der Waals surface area contributed by atoms with E-state index in [1.165, 1.54) is 37.8 Å². The monoisotopic (exact) mass is 458 g/mol. The topological polar surface area (TPSA) is 42.0 Å². The summed E-state index contributed by atoms with van der Waals surface area (Å²) in [5.41, 5.74) is 1.71. The smallest absolute Gasteiger partial charge is 0.340 e. The second-order valence-electron chi connectivity index (χ2n) is 7.45. The Labute approximate surface area is 175 Å². The van der Waals surface area contributed by atoms with Crippen LogP contribution in [0, 0.1) is 6.92 Å². The predicted molar refractivity (Wildman–Crippen MR) is 114 cm³/mol. The molecule has 0 spiro atoms. The minimum Gasteiger partial charge on any atom is -0.465 e. The van der Waals surface area contributed by atoms with Crippen molar-refractivity contribution < 1.29 is 14.3 Å². The Morgan fingerprint density at radius 1 is 1.26 bits per heavy atom. The molecule has 0 N–H and O–H groups in total. The lowest BCUT2D eigenvalue weighted by Crippen LogP contribution is -2.57. The quantitative estimate of drug-likeness (QED) is 0.563. The van der Waals surface area contributed by atoms with Crippen LogP contribution in [-0.4, -0.2) is 62.4 Å². The maximum atomic E-state index is 12.1. The van der Waals surface area contributed by atoms with Gasteiger partial charge in [-0.25, -0.2) is 4.79 Å². The van der Waals surface area contributed by atoms with E-state index in [4.69, 9.17) is 9.47 Å². The number of hydrogen-bond acceptors (Lipinski definition) is 6. The van der Waals surface area contributed by atoms with Gasteiger partial charge in [0.1, 0.15) is 0 Å². The Morgan fingerprint density at radius 2 is 1.93 bits per heavy atom. The number of thiophene rings is 1. The summed E-state index contributed by atoms with van der Waals surface area (Å²) in [5, 5.41) is 1.20. The van der Waals surface area contributed by atoms with Gasteiger partial charge < -0.3 is 14.4 Å². The molecule has 0 amide bonds. The molecule has 5 nitrogen and oxygen atoms in total. The molecule has 1 saturated carbocycles. The molecule has 2 fully saturated rings. The summed E-state index contributed by atoms with van der Waals surface area (Å²) in [6, 6.07) is 1.25. The van der Waals surface area contributed by atoms with Gasteiger partial charge in [-0.3, -0.25) is 4.90 Å². The summed E-state index contributed by atoms with van der Waals surface area (Å²) in [4.78, 5) is 17.2. The van der Waals surface area contributed by atoms with Crippen LogP contribution in [0.3, 0.4) is 0 Å².